The number of allylic oxidation sites excluding steroid dienone is 3. The second-order valence-corrected chi connectivity index (χ2v) is 9.75. The number of nitrogens with zero attached hydrogens (tertiary/aromatic N) is 2. The Kier molecular flexibility index (Phi) is 3.73. The number of carbonyl (C=O) groups excluding carboxylic acids is 1. The lowest BCUT2D eigenvalue weighted by Gasteiger charge is -2.56. The van der Waals surface area contributed by atoms with Gasteiger partial charge in [0.2, 0.25) is 5.91 Å². The lowest BCUT2D eigenvalue weighted by molar-refractivity contribution is -0.116. The molecule has 0 radical (unpaired) electrons. The van der Waals surface area contributed by atoms with Crippen molar-refractivity contribution >= 4 is 11.6 Å². The molecule has 5 atom stereocenters. The molecule has 1 aliphatic heterocycles. The van der Waals surface area contributed by atoms with E-state index in [1.165, 1.54) is 37.0 Å². The van der Waals surface area contributed by atoms with Crippen LogP contribution in [0.2, 0.25) is 0 Å². The molecule has 2 saturated carbocycles. The molecule has 4 nitrogen and oxygen atoms in total. The summed E-state index contributed by atoms with van der Waals surface area (Å²) in [7, 11) is 0. The number of hydrogen-bond donors (Lipinski definition) is 1. The molecular weight excluding hydrogens is 334 g/mol. The van der Waals surface area contributed by atoms with Crippen molar-refractivity contribution in [3.63, 3.8) is 0 Å². The van der Waals surface area contributed by atoms with Gasteiger partial charge in [-0.1, -0.05) is 25.5 Å². The summed E-state index contributed by atoms with van der Waals surface area (Å²) in [6.45, 7) is 7.83. The zero-order valence-corrected chi connectivity index (χ0v) is 16.8. The van der Waals surface area contributed by atoms with E-state index in [4.69, 9.17) is 0 Å². The van der Waals surface area contributed by atoms with E-state index in [1.807, 2.05) is 12.4 Å². The maximum atomic E-state index is 12.1. The molecule has 1 N–H and O–H groups in total. The first-order valence-electron chi connectivity index (χ1n) is 10.6. The second-order valence-electron chi connectivity index (χ2n) is 9.75. The smallest absolute Gasteiger partial charge is 0.243 e. The quantitative estimate of drug-likeness (QED) is 0.805. The Morgan fingerprint density at radius 1 is 1.19 bits per heavy atom. The predicted octanol–water partition coefficient (Wildman–Crippen LogP) is 4.33. The molecule has 27 heavy (non-hydrogen) atoms. The molecule has 144 valence electrons. The zero-order valence-electron chi connectivity index (χ0n) is 16.8. The van der Waals surface area contributed by atoms with Crippen LogP contribution in [0.1, 0.15) is 58.1 Å². The van der Waals surface area contributed by atoms with Crippen molar-refractivity contribution in [2.45, 2.75) is 59.3 Å². The average molecular weight is 366 g/mol. The standard InChI is InChI=1S/C23H31N3O/c1-15-13-26(14-25-15)20-7-6-18-17-5-4-16-12-21(27)24-11-10-22(16,2)19(17)8-9-23(18,20)3/h7,12-14,17-19H,4-6,8-11H2,1-3H3,(H,24,27)/t17-,18-,19-,22-,23-/m0/s1. The van der Waals surface area contributed by atoms with Gasteiger partial charge in [-0.05, 0) is 68.6 Å². The van der Waals surface area contributed by atoms with E-state index in [-0.39, 0.29) is 16.7 Å². The number of amides is 1. The van der Waals surface area contributed by atoms with Crippen LogP contribution in [0.3, 0.4) is 0 Å². The summed E-state index contributed by atoms with van der Waals surface area (Å²) in [5, 5.41) is 3.07. The minimum Gasteiger partial charge on any atom is -0.353 e. The first-order valence-corrected chi connectivity index (χ1v) is 10.6. The maximum Gasteiger partial charge on any atom is 0.243 e. The zero-order chi connectivity index (χ0) is 18.8. The number of aryl methyl sites for hydroxylation is 1. The number of carbonyl (C=O) groups is 1. The third kappa shape index (κ3) is 2.41. The number of aromatic nitrogens is 2. The van der Waals surface area contributed by atoms with Crippen LogP contribution < -0.4 is 5.32 Å². The van der Waals surface area contributed by atoms with E-state index in [9.17, 15) is 4.79 Å². The van der Waals surface area contributed by atoms with Crippen molar-refractivity contribution in [1.29, 1.82) is 0 Å². The van der Waals surface area contributed by atoms with E-state index in [0.29, 0.717) is 5.92 Å². The van der Waals surface area contributed by atoms with E-state index < -0.39 is 0 Å². The largest absolute Gasteiger partial charge is 0.353 e. The first-order chi connectivity index (χ1) is 12.9. The maximum absolute atomic E-state index is 12.1. The van der Waals surface area contributed by atoms with Crippen molar-refractivity contribution in [2.24, 2.45) is 28.6 Å². The second kappa shape index (κ2) is 5.83. The molecule has 0 unspecified atom stereocenters. The fraction of sp³-hybridized carbons (Fsp3) is 0.652. The molecule has 1 amide bonds. The monoisotopic (exact) mass is 365 g/mol. The van der Waals surface area contributed by atoms with Crippen molar-refractivity contribution in [1.82, 2.24) is 14.9 Å². The van der Waals surface area contributed by atoms with Crippen LogP contribution in [0.5, 0.6) is 0 Å². The van der Waals surface area contributed by atoms with Crippen LogP contribution >= 0.6 is 0 Å². The third-order valence-corrected chi connectivity index (χ3v) is 8.51. The van der Waals surface area contributed by atoms with Gasteiger partial charge >= 0.3 is 0 Å². The molecule has 0 saturated heterocycles. The molecule has 2 fully saturated rings. The first kappa shape index (κ1) is 17.3. The Balaban J connectivity index is 1.48. The predicted molar refractivity (Wildman–Crippen MR) is 107 cm³/mol. The summed E-state index contributed by atoms with van der Waals surface area (Å²) in [5.74, 6) is 2.31. The number of nitrogens with one attached hydrogen (secondary N) is 1. The van der Waals surface area contributed by atoms with Gasteiger partial charge in [0.15, 0.2) is 0 Å². The molecule has 4 aliphatic rings. The van der Waals surface area contributed by atoms with Crippen LogP contribution in [0.15, 0.2) is 30.2 Å². The van der Waals surface area contributed by atoms with Crippen molar-refractivity contribution in [3.05, 3.63) is 35.9 Å². The Morgan fingerprint density at radius 2 is 2.04 bits per heavy atom. The van der Waals surface area contributed by atoms with Gasteiger partial charge in [-0.3, -0.25) is 4.79 Å². The molecule has 0 bridgehead atoms. The summed E-state index contributed by atoms with van der Waals surface area (Å²) in [5.41, 5.74) is 4.42. The molecular formula is C23H31N3O. The van der Waals surface area contributed by atoms with Crippen LogP contribution in [-0.4, -0.2) is 22.0 Å². The van der Waals surface area contributed by atoms with E-state index in [2.05, 4.69) is 47.9 Å². The Morgan fingerprint density at radius 3 is 2.81 bits per heavy atom. The molecule has 2 heterocycles. The van der Waals surface area contributed by atoms with Gasteiger partial charge in [0.25, 0.3) is 0 Å². The van der Waals surface area contributed by atoms with E-state index >= 15 is 0 Å². The Hall–Kier alpha value is -1.84. The summed E-state index contributed by atoms with van der Waals surface area (Å²) in [6.07, 6.45) is 15.7. The molecule has 0 aromatic carbocycles. The number of imidazole rings is 1. The van der Waals surface area contributed by atoms with E-state index in [0.717, 1.165) is 36.9 Å². The van der Waals surface area contributed by atoms with Gasteiger partial charge in [-0.25, -0.2) is 4.98 Å². The summed E-state index contributed by atoms with van der Waals surface area (Å²) in [6, 6.07) is 0. The average Bonchev–Trinajstić information content (AvgIpc) is 3.15. The van der Waals surface area contributed by atoms with Crippen molar-refractivity contribution < 1.29 is 4.79 Å². The Bertz CT molecular complexity index is 850. The SMILES string of the molecule is Cc1cn(C2=CC[C@H]3[C@@H]4CCC5=CC(=O)NCC[C@]5(C)[C@H]4CC[C@]23C)cn1. The highest BCUT2D eigenvalue weighted by molar-refractivity contribution is 5.88. The minimum atomic E-state index is 0.119. The number of rotatable bonds is 1. The lowest BCUT2D eigenvalue weighted by Crippen LogP contribution is -2.49. The topological polar surface area (TPSA) is 46.9 Å². The highest BCUT2D eigenvalue weighted by Gasteiger charge is 2.57. The minimum absolute atomic E-state index is 0.119. The molecule has 3 aliphatic carbocycles. The van der Waals surface area contributed by atoms with E-state index in [1.54, 1.807) is 0 Å². The van der Waals surface area contributed by atoms with Crippen LogP contribution in [-0.2, 0) is 4.79 Å². The van der Waals surface area contributed by atoms with Crippen molar-refractivity contribution in [2.75, 3.05) is 6.54 Å². The van der Waals surface area contributed by atoms with Gasteiger partial charge in [-0.15, -0.1) is 0 Å². The summed E-state index contributed by atoms with van der Waals surface area (Å²) >= 11 is 0. The lowest BCUT2D eigenvalue weighted by atomic mass is 9.48. The van der Waals surface area contributed by atoms with Crippen LogP contribution in [0.25, 0.3) is 5.70 Å². The summed E-state index contributed by atoms with van der Waals surface area (Å²) < 4.78 is 2.28. The molecule has 4 heteroatoms. The van der Waals surface area contributed by atoms with Gasteiger partial charge in [0, 0.05) is 29.9 Å². The highest BCUT2D eigenvalue weighted by Crippen LogP contribution is 2.65. The number of hydrogen-bond acceptors (Lipinski definition) is 2. The molecule has 1 aromatic heterocycles. The van der Waals surface area contributed by atoms with Gasteiger partial charge in [-0.2, -0.15) is 0 Å². The molecule has 0 spiro atoms. The van der Waals surface area contributed by atoms with Crippen molar-refractivity contribution in [3.8, 4) is 0 Å². The van der Waals surface area contributed by atoms with Gasteiger partial charge in [0.05, 0.1) is 12.0 Å². The molecule has 5 rings (SSSR count). The summed E-state index contributed by atoms with van der Waals surface area (Å²) in [4.78, 5) is 16.5. The normalized spacial score (nSPS) is 40.9. The highest BCUT2D eigenvalue weighted by atomic mass is 16.1. The van der Waals surface area contributed by atoms with Gasteiger partial charge in [0.1, 0.15) is 0 Å². The third-order valence-electron chi connectivity index (χ3n) is 8.51. The fourth-order valence-electron chi connectivity index (χ4n) is 7.06. The van der Waals surface area contributed by atoms with Gasteiger partial charge < -0.3 is 9.88 Å². The Labute approximate surface area is 162 Å². The molecule has 1 aromatic rings. The van der Waals surface area contributed by atoms with Crippen LogP contribution in [0, 0.1) is 35.5 Å². The van der Waals surface area contributed by atoms with Crippen LogP contribution in [0.4, 0.5) is 0 Å². The fourth-order valence-corrected chi connectivity index (χ4v) is 7.06. The number of fused-ring (bicyclic) bond motifs is 5.